The molecular formula is C24H28F3N5O2S. The molecule has 1 aliphatic rings. The molecule has 3 aromatic rings. The number of nitrogens with one attached hydrogen (secondary N) is 1. The SMILES string of the molecule is CCC1CCC(S(=O)(=O)c2ccc(Nc3ncc(C(F)(F)F)c(-c4cnn(C)c4)n3)c(C)c2)CC1. The third-order valence-corrected chi connectivity index (χ3v) is 8.92. The second kappa shape index (κ2) is 9.60. The van der Waals surface area contributed by atoms with Gasteiger partial charge in [-0.2, -0.15) is 18.3 Å². The third-order valence-electron chi connectivity index (χ3n) is 6.66. The second-order valence-electron chi connectivity index (χ2n) is 9.05. The van der Waals surface area contributed by atoms with E-state index in [1.165, 1.54) is 23.1 Å². The van der Waals surface area contributed by atoms with E-state index >= 15 is 0 Å². The topological polar surface area (TPSA) is 89.8 Å². The maximum atomic E-state index is 13.5. The van der Waals surface area contributed by atoms with Crippen LogP contribution in [0.25, 0.3) is 11.3 Å². The molecule has 11 heteroatoms. The van der Waals surface area contributed by atoms with Crippen molar-refractivity contribution in [2.24, 2.45) is 13.0 Å². The van der Waals surface area contributed by atoms with Gasteiger partial charge in [-0.3, -0.25) is 4.68 Å². The van der Waals surface area contributed by atoms with Crippen molar-refractivity contribution in [1.82, 2.24) is 19.7 Å². The number of aryl methyl sites for hydroxylation is 2. The van der Waals surface area contributed by atoms with E-state index in [2.05, 4.69) is 27.3 Å². The molecule has 1 saturated carbocycles. The van der Waals surface area contributed by atoms with Crippen LogP contribution in [0.3, 0.4) is 0 Å². The van der Waals surface area contributed by atoms with E-state index in [1.807, 2.05) is 0 Å². The smallest absolute Gasteiger partial charge is 0.324 e. The van der Waals surface area contributed by atoms with Gasteiger partial charge in [-0.25, -0.2) is 18.4 Å². The van der Waals surface area contributed by atoms with Gasteiger partial charge in [0.05, 0.1) is 22.0 Å². The summed E-state index contributed by atoms with van der Waals surface area (Å²) in [6.07, 6.45) is 3.09. The van der Waals surface area contributed by atoms with E-state index in [1.54, 1.807) is 26.1 Å². The number of alkyl halides is 3. The lowest BCUT2D eigenvalue weighted by Crippen LogP contribution is -2.27. The fraction of sp³-hybridized carbons (Fsp3) is 0.458. The molecule has 0 atom stereocenters. The lowest BCUT2D eigenvalue weighted by Gasteiger charge is -2.27. The van der Waals surface area contributed by atoms with Crippen molar-refractivity contribution >= 4 is 21.5 Å². The van der Waals surface area contributed by atoms with Gasteiger partial charge in [-0.05, 0) is 62.3 Å². The van der Waals surface area contributed by atoms with Gasteiger partial charge in [0.2, 0.25) is 5.95 Å². The minimum Gasteiger partial charge on any atom is -0.324 e. The Labute approximate surface area is 202 Å². The first-order valence-electron chi connectivity index (χ1n) is 11.5. The Balaban J connectivity index is 1.59. The number of rotatable bonds is 6. The highest BCUT2D eigenvalue weighted by Gasteiger charge is 2.36. The number of aromatic nitrogens is 4. The molecular weight excluding hydrogens is 479 g/mol. The van der Waals surface area contributed by atoms with E-state index in [4.69, 9.17) is 0 Å². The number of benzene rings is 1. The summed E-state index contributed by atoms with van der Waals surface area (Å²) in [4.78, 5) is 8.21. The standard InChI is InChI=1S/C24H28F3N5O2S/c1-4-16-5-7-18(8-6-16)35(33,34)19-9-10-21(15(2)11-19)30-23-28-13-20(24(25,26)27)22(31-23)17-12-29-32(3)14-17/h9-14,16,18H,4-8H2,1-3H3,(H,28,30,31). The molecule has 2 aromatic heterocycles. The molecule has 35 heavy (non-hydrogen) atoms. The van der Waals surface area contributed by atoms with Gasteiger partial charge in [0.1, 0.15) is 5.56 Å². The molecule has 0 bridgehead atoms. The normalized spacial score (nSPS) is 19.0. The van der Waals surface area contributed by atoms with Gasteiger partial charge in [-0.15, -0.1) is 0 Å². The third kappa shape index (κ3) is 5.34. The highest BCUT2D eigenvalue weighted by atomic mass is 32.2. The van der Waals surface area contributed by atoms with Crippen LogP contribution < -0.4 is 5.32 Å². The molecule has 0 radical (unpaired) electrons. The van der Waals surface area contributed by atoms with Gasteiger partial charge in [0.15, 0.2) is 9.84 Å². The summed E-state index contributed by atoms with van der Waals surface area (Å²) in [5, 5.41) is 6.48. The molecule has 0 saturated heterocycles. The highest BCUT2D eigenvalue weighted by molar-refractivity contribution is 7.92. The van der Waals surface area contributed by atoms with Crippen LogP contribution in [0.15, 0.2) is 41.7 Å². The Morgan fingerprint density at radius 3 is 2.43 bits per heavy atom. The fourth-order valence-corrected chi connectivity index (χ4v) is 6.41. The van der Waals surface area contributed by atoms with Crippen molar-refractivity contribution in [3.8, 4) is 11.3 Å². The van der Waals surface area contributed by atoms with Crippen molar-refractivity contribution in [3.63, 3.8) is 0 Å². The Hall–Kier alpha value is -2.95. The summed E-state index contributed by atoms with van der Waals surface area (Å²) < 4.78 is 68.3. The minimum absolute atomic E-state index is 0.0338. The molecule has 7 nitrogen and oxygen atoms in total. The Morgan fingerprint density at radius 2 is 1.86 bits per heavy atom. The molecule has 0 unspecified atom stereocenters. The summed E-state index contributed by atoms with van der Waals surface area (Å²) in [7, 11) is -1.86. The van der Waals surface area contributed by atoms with Crippen molar-refractivity contribution in [3.05, 3.63) is 47.9 Å². The molecule has 1 fully saturated rings. The van der Waals surface area contributed by atoms with E-state index in [9.17, 15) is 21.6 Å². The van der Waals surface area contributed by atoms with Gasteiger partial charge in [0, 0.05) is 30.7 Å². The molecule has 2 heterocycles. The summed E-state index contributed by atoms with van der Waals surface area (Å²) in [6, 6.07) is 4.73. The molecule has 0 aliphatic heterocycles. The lowest BCUT2D eigenvalue weighted by molar-refractivity contribution is -0.137. The highest BCUT2D eigenvalue weighted by Crippen LogP contribution is 2.37. The fourth-order valence-electron chi connectivity index (χ4n) is 4.53. The average Bonchev–Trinajstić information content (AvgIpc) is 3.26. The van der Waals surface area contributed by atoms with Crippen molar-refractivity contribution in [1.29, 1.82) is 0 Å². The molecule has 1 aromatic carbocycles. The Morgan fingerprint density at radius 1 is 1.14 bits per heavy atom. The Bertz CT molecular complexity index is 1310. The maximum absolute atomic E-state index is 13.5. The van der Waals surface area contributed by atoms with E-state index in [0.717, 1.165) is 25.5 Å². The first-order chi connectivity index (χ1) is 16.5. The van der Waals surface area contributed by atoms with Crippen LogP contribution in [0.4, 0.5) is 24.8 Å². The molecule has 0 spiro atoms. The number of halogens is 3. The number of sulfone groups is 1. The van der Waals surface area contributed by atoms with Crippen molar-refractivity contribution < 1.29 is 21.6 Å². The van der Waals surface area contributed by atoms with Crippen LogP contribution in [0.2, 0.25) is 0 Å². The number of nitrogens with zero attached hydrogens (tertiary/aromatic N) is 4. The van der Waals surface area contributed by atoms with Gasteiger partial charge >= 0.3 is 6.18 Å². The van der Waals surface area contributed by atoms with Crippen LogP contribution in [-0.2, 0) is 23.1 Å². The summed E-state index contributed by atoms with van der Waals surface area (Å²) in [5.41, 5.74) is 0.0890. The minimum atomic E-state index is -4.63. The molecule has 1 N–H and O–H groups in total. The zero-order valence-electron chi connectivity index (χ0n) is 19.8. The molecule has 0 amide bonds. The zero-order chi connectivity index (χ0) is 25.4. The van der Waals surface area contributed by atoms with E-state index < -0.39 is 21.6 Å². The van der Waals surface area contributed by atoms with Crippen LogP contribution in [0, 0.1) is 12.8 Å². The first-order valence-corrected chi connectivity index (χ1v) is 13.1. The average molecular weight is 508 g/mol. The Kier molecular flexibility index (Phi) is 6.90. The van der Waals surface area contributed by atoms with Crippen molar-refractivity contribution in [2.75, 3.05) is 5.32 Å². The summed E-state index contributed by atoms with van der Waals surface area (Å²) in [6.45, 7) is 3.87. The quantitative estimate of drug-likeness (QED) is 0.461. The van der Waals surface area contributed by atoms with Crippen LogP contribution >= 0.6 is 0 Å². The number of hydrogen-bond donors (Lipinski definition) is 1. The largest absolute Gasteiger partial charge is 0.419 e. The van der Waals surface area contributed by atoms with E-state index in [-0.39, 0.29) is 27.4 Å². The van der Waals surface area contributed by atoms with Crippen LogP contribution in [-0.4, -0.2) is 33.4 Å². The molecule has 188 valence electrons. The predicted octanol–water partition coefficient (Wildman–Crippen LogP) is 5.69. The van der Waals surface area contributed by atoms with Crippen LogP contribution in [0.1, 0.15) is 50.2 Å². The summed E-state index contributed by atoms with van der Waals surface area (Å²) >= 11 is 0. The van der Waals surface area contributed by atoms with Crippen molar-refractivity contribution in [2.45, 2.75) is 62.3 Å². The molecule has 4 rings (SSSR count). The second-order valence-corrected chi connectivity index (χ2v) is 11.3. The van der Waals surface area contributed by atoms with E-state index in [0.29, 0.717) is 30.0 Å². The number of anilines is 2. The van der Waals surface area contributed by atoms with Gasteiger partial charge < -0.3 is 5.32 Å². The van der Waals surface area contributed by atoms with Gasteiger partial charge in [0.25, 0.3) is 0 Å². The lowest BCUT2D eigenvalue weighted by atomic mass is 9.87. The maximum Gasteiger partial charge on any atom is 0.419 e. The predicted molar refractivity (Wildman–Crippen MR) is 127 cm³/mol. The zero-order valence-corrected chi connectivity index (χ0v) is 20.6. The molecule has 1 aliphatic carbocycles. The van der Waals surface area contributed by atoms with Gasteiger partial charge in [-0.1, -0.05) is 13.3 Å². The summed E-state index contributed by atoms with van der Waals surface area (Å²) in [5.74, 6) is 0.559. The monoisotopic (exact) mass is 507 g/mol. The first kappa shape index (κ1) is 25.2. The number of hydrogen-bond acceptors (Lipinski definition) is 6. The van der Waals surface area contributed by atoms with Crippen LogP contribution in [0.5, 0.6) is 0 Å².